The molecule has 2 aromatic rings. The fraction of sp³-hybridized carbons (Fsp3) is 0.464. The molecule has 10 heteroatoms. The first-order chi connectivity index (χ1) is 18.1. The molecule has 2 heterocycles. The van der Waals surface area contributed by atoms with Gasteiger partial charge in [-0.05, 0) is 55.0 Å². The molecule has 0 atom stereocenters. The first-order valence-electron chi connectivity index (χ1n) is 13.2. The molecule has 1 aromatic carbocycles. The molecule has 1 aliphatic heterocycles. The average Bonchev–Trinajstić information content (AvgIpc) is 3.30. The number of nitrogens with zero attached hydrogens (tertiary/aromatic N) is 3. The minimum absolute atomic E-state index is 0.108. The first kappa shape index (κ1) is 27.5. The van der Waals surface area contributed by atoms with Gasteiger partial charge in [0.1, 0.15) is 12.8 Å². The quantitative estimate of drug-likeness (QED) is 0.271. The number of amides is 3. The van der Waals surface area contributed by atoms with Gasteiger partial charge in [0.25, 0.3) is 5.91 Å². The van der Waals surface area contributed by atoms with Gasteiger partial charge in [-0.2, -0.15) is 5.26 Å². The molecule has 9 nitrogen and oxygen atoms in total. The Morgan fingerprint density at radius 3 is 2.66 bits per heavy atom. The molecule has 0 radical (unpaired) electrons. The number of rotatable bonds is 9. The van der Waals surface area contributed by atoms with Crippen LogP contribution >= 0.6 is 0 Å². The van der Waals surface area contributed by atoms with E-state index in [1.54, 1.807) is 4.57 Å². The first-order valence-corrected chi connectivity index (χ1v) is 16.9. The molecule has 0 unspecified atom stereocenters. The lowest BCUT2D eigenvalue weighted by atomic mass is 9.85. The van der Waals surface area contributed by atoms with Crippen molar-refractivity contribution < 1.29 is 19.1 Å². The molecule has 0 bridgehead atoms. The molecule has 2 aliphatic rings. The summed E-state index contributed by atoms with van der Waals surface area (Å²) in [5, 5.41) is 14.7. The summed E-state index contributed by atoms with van der Waals surface area (Å²) < 4.78 is 7.38. The van der Waals surface area contributed by atoms with Crippen LogP contribution in [-0.4, -0.2) is 42.0 Å². The van der Waals surface area contributed by atoms with E-state index in [1.165, 1.54) is 6.20 Å². The summed E-state index contributed by atoms with van der Waals surface area (Å²) in [4.78, 5) is 41.6. The molecule has 2 N–H and O–H groups in total. The van der Waals surface area contributed by atoms with Gasteiger partial charge < -0.3 is 14.6 Å². The smallest absolute Gasteiger partial charge is 0.291 e. The molecule has 0 saturated carbocycles. The Balaban J connectivity index is 1.58. The van der Waals surface area contributed by atoms with Crippen LogP contribution in [0.5, 0.6) is 0 Å². The molecule has 0 spiro atoms. The minimum Gasteiger partial charge on any atom is -0.361 e. The van der Waals surface area contributed by atoms with Crippen LogP contribution < -0.4 is 10.6 Å². The van der Waals surface area contributed by atoms with Gasteiger partial charge in [-0.3, -0.25) is 19.7 Å². The van der Waals surface area contributed by atoms with Gasteiger partial charge in [0.2, 0.25) is 17.6 Å². The van der Waals surface area contributed by atoms with Crippen LogP contribution in [0.1, 0.15) is 71.9 Å². The van der Waals surface area contributed by atoms with E-state index in [4.69, 9.17) is 4.74 Å². The van der Waals surface area contributed by atoms with Crippen LogP contribution in [-0.2, 0) is 21.1 Å². The van der Waals surface area contributed by atoms with E-state index in [0.29, 0.717) is 12.3 Å². The van der Waals surface area contributed by atoms with Crippen molar-refractivity contribution in [2.45, 2.75) is 76.9 Å². The molecular weight excluding hydrogens is 498 g/mol. The molecule has 1 saturated heterocycles. The Kier molecular flexibility index (Phi) is 8.59. The zero-order valence-corrected chi connectivity index (χ0v) is 23.3. The maximum atomic E-state index is 13.4. The predicted octanol–water partition coefficient (Wildman–Crippen LogP) is 4.80. The molecule has 1 aliphatic carbocycles. The standard InChI is InChI=1S/C28H35N5O4Si/c1-38(2,3)12-11-37-18-33-17-22(16-29)30-27(33)28(36)31-24-10-9-20(21-14-25(34)32-26(35)15-21)13-23(24)19-7-5-4-6-8-19/h7,9-10,13,17,21H,4-6,8,11-12,14-15,18H2,1-3H3,(H,31,36)(H,32,34,35). The zero-order chi connectivity index (χ0) is 27.3. The number of carbonyl (C=O) groups excluding carboxylic acids is 3. The fourth-order valence-electron chi connectivity index (χ4n) is 4.76. The van der Waals surface area contributed by atoms with Gasteiger partial charge in [0, 0.05) is 50.9 Å². The van der Waals surface area contributed by atoms with Crippen molar-refractivity contribution in [2.24, 2.45) is 0 Å². The Labute approximate surface area is 224 Å². The number of piperidine rings is 1. The lowest BCUT2D eigenvalue weighted by Gasteiger charge is -2.24. The highest BCUT2D eigenvalue weighted by molar-refractivity contribution is 6.76. The summed E-state index contributed by atoms with van der Waals surface area (Å²) in [6.07, 6.45) is 8.24. The van der Waals surface area contributed by atoms with Gasteiger partial charge in [-0.25, -0.2) is 4.98 Å². The van der Waals surface area contributed by atoms with Crippen LogP contribution in [0.4, 0.5) is 5.69 Å². The van der Waals surface area contributed by atoms with Crippen molar-refractivity contribution in [3.8, 4) is 6.07 Å². The Hall–Kier alpha value is -3.55. The number of aromatic nitrogens is 2. The van der Waals surface area contributed by atoms with E-state index in [9.17, 15) is 19.6 Å². The van der Waals surface area contributed by atoms with Gasteiger partial charge in [0.05, 0.1) is 0 Å². The third-order valence-electron chi connectivity index (χ3n) is 6.86. The SMILES string of the molecule is C[Si](C)(C)CCOCn1cc(C#N)nc1C(=O)Nc1ccc(C2CC(=O)NC(=O)C2)cc1C1=CCCCC1. The van der Waals surface area contributed by atoms with Crippen LogP contribution in [0.2, 0.25) is 25.7 Å². The number of allylic oxidation sites excluding steroid dienone is 2. The van der Waals surface area contributed by atoms with E-state index in [2.05, 4.69) is 41.3 Å². The predicted molar refractivity (Wildman–Crippen MR) is 147 cm³/mol. The normalized spacial score (nSPS) is 16.5. The van der Waals surface area contributed by atoms with Crippen molar-refractivity contribution in [3.63, 3.8) is 0 Å². The van der Waals surface area contributed by atoms with Gasteiger partial charge in [-0.1, -0.05) is 31.8 Å². The third-order valence-corrected chi connectivity index (χ3v) is 8.57. The Morgan fingerprint density at radius 1 is 1.24 bits per heavy atom. The average molecular weight is 534 g/mol. The molecule has 1 fully saturated rings. The number of imidazole rings is 1. The van der Waals surface area contributed by atoms with Crippen LogP contribution in [0, 0.1) is 11.3 Å². The lowest BCUT2D eigenvalue weighted by molar-refractivity contribution is -0.133. The second kappa shape index (κ2) is 11.9. The van der Waals surface area contributed by atoms with E-state index in [-0.39, 0.29) is 48.8 Å². The van der Waals surface area contributed by atoms with Crippen molar-refractivity contribution in [3.05, 3.63) is 53.1 Å². The summed E-state index contributed by atoms with van der Waals surface area (Å²) in [5.41, 5.74) is 3.70. The molecule has 4 rings (SSSR count). The van der Waals surface area contributed by atoms with Crippen LogP contribution in [0.15, 0.2) is 30.5 Å². The van der Waals surface area contributed by atoms with E-state index >= 15 is 0 Å². The number of nitrogens with one attached hydrogen (secondary N) is 2. The van der Waals surface area contributed by atoms with Crippen molar-refractivity contribution in [1.82, 2.24) is 14.9 Å². The maximum absolute atomic E-state index is 13.4. The largest absolute Gasteiger partial charge is 0.361 e. The summed E-state index contributed by atoms with van der Waals surface area (Å²) in [6.45, 7) is 7.53. The highest BCUT2D eigenvalue weighted by atomic mass is 28.3. The van der Waals surface area contributed by atoms with Gasteiger partial charge >= 0.3 is 0 Å². The summed E-state index contributed by atoms with van der Waals surface area (Å²) >= 11 is 0. The number of benzene rings is 1. The summed E-state index contributed by atoms with van der Waals surface area (Å²) in [6, 6.07) is 8.69. The number of anilines is 1. The van der Waals surface area contributed by atoms with E-state index in [0.717, 1.165) is 48.4 Å². The molecule has 38 heavy (non-hydrogen) atoms. The second-order valence-electron chi connectivity index (χ2n) is 11.2. The maximum Gasteiger partial charge on any atom is 0.291 e. The van der Waals surface area contributed by atoms with Crippen molar-refractivity contribution >= 4 is 37.1 Å². The monoisotopic (exact) mass is 533 g/mol. The van der Waals surface area contributed by atoms with Crippen molar-refractivity contribution in [1.29, 1.82) is 5.26 Å². The second-order valence-corrected chi connectivity index (χ2v) is 16.8. The highest BCUT2D eigenvalue weighted by Gasteiger charge is 2.27. The van der Waals surface area contributed by atoms with Gasteiger partial charge in [-0.15, -0.1) is 0 Å². The zero-order valence-electron chi connectivity index (χ0n) is 22.3. The van der Waals surface area contributed by atoms with E-state index < -0.39 is 14.0 Å². The summed E-state index contributed by atoms with van der Waals surface area (Å²) in [7, 11) is -1.26. The third kappa shape index (κ3) is 7.05. The number of ether oxygens (including phenoxy) is 1. The number of hydrogen-bond acceptors (Lipinski definition) is 6. The fourth-order valence-corrected chi connectivity index (χ4v) is 5.51. The number of hydrogen-bond donors (Lipinski definition) is 2. The molecule has 200 valence electrons. The number of imide groups is 1. The number of nitriles is 1. The van der Waals surface area contributed by atoms with E-state index in [1.807, 2.05) is 24.3 Å². The minimum atomic E-state index is -1.26. The van der Waals surface area contributed by atoms with Crippen molar-refractivity contribution in [2.75, 3.05) is 11.9 Å². The van der Waals surface area contributed by atoms with Crippen LogP contribution in [0.3, 0.4) is 0 Å². The molecular formula is C28H35N5O4Si. The Morgan fingerprint density at radius 2 is 2.00 bits per heavy atom. The Bertz CT molecular complexity index is 1290. The number of carbonyl (C=O) groups is 3. The molecule has 3 amide bonds. The van der Waals surface area contributed by atoms with Gasteiger partial charge in [0.15, 0.2) is 5.69 Å². The van der Waals surface area contributed by atoms with Crippen LogP contribution in [0.25, 0.3) is 5.57 Å². The molecule has 1 aromatic heterocycles. The highest BCUT2D eigenvalue weighted by Crippen LogP contribution is 2.36. The lowest BCUT2D eigenvalue weighted by Crippen LogP contribution is -2.37. The summed E-state index contributed by atoms with van der Waals surface area (Å²) in [5.74, 6) is -1.06. The topological polar surface area (TPSA) is 126 Å².